The van der Waals surface area contributed by atoms with Gasteiger partial charge in [-0.05, 0) is 36.5 Å². The van der Waals surface area contributed by atoms with Crippen LogP contribution in [-0.4, -0.2) is 21.2 Å². The number of hydrogen-bond donors (Lipinski definition) is 1. The van der Waals surface area contributed by atoms with Gasteiger partial charge in [0, 0.05) is 18.3 Å². The molecule has 146 valence electrons. The van der Waals surface area contributed by atoms with Gasteiger partial charge in [-0.2, -0.15) is 10.1 Å². The molecule has 0 bridgehead atoms. The van der Waals surface area contributed by atoms with Crippen molar-refractivity contribution in [2.24, 2.45) is 0 Å². The highest BCUT2D eigenvalue weighted by Crippen LogP contribution is 2.30. The van der Waals surface area contributed by atoms with Gasteiger partial charge in [-0.3, -0.25) is 0 Å². The van der Waals surface area contributed by atoms with Crippen molar-refractivity contribution >= 4 is 17.5 Å². The minimum absolute atomic E-state index is 0.0198. The summed E-state index contributed by atoms with van der Waals surface area (Å²) in [4.78, 5) is 6.98. The Balaban J connectivity index is 1.87. The second-order valence-corrected chi connectivity index (χ2v) is 8.27. The lowest BCUT2D eigenvalue weighted by molar-refractivity contribution is 0.592. The van der Waals surface area contributed by atoms with E-state index in [4.69, 9.17) is 4.98 Å². The minimum Gasteiger partial charge on any atom is -0.348 e. The Bertz CT molecular complexity index is 900. The SMILES string of the molecule is CC(C)N(Cc1ccccc1)c1cnnc(Nc2ccccc2C(C)(C)C)n1. The molecule has 1 heterocycles. The molecule has 3 rings (SSSR count). The van der Waals surface area contributed by atoms with E-state index in [2.05, 4.69) is 97.5 Å². The smallest absolute Gasteiger partial charge is 0.249 e. The monoisotopic (exact) mass is 375 g/mol. The van der Waals surface area contributed by atoms with Crippen LogP contribution in [0.1, 0.15) is 45.7 Å². The molecule has 0 amide bonds. The van der Waals surface area contributed by atoms with E-state index >= 15 is 0 Å². The molecule has 28 heavy (non-hydrogen) atoms. The number of hydrogen-bond acceptors (Lipinski definition) is 5. The van der Waals surface area contributed by atoms with Gasteiger partial charge < -0.3 is 10.2 Å². The first-order chi connectivity index (χ1) is 13.3. The standard InChI is InChI=1S/C23H29N5/c1-17(2)28(16-18-11-7-6-8-12-18)21-15-24-27-22(26-21)25-20-14-10-9-13-19(20)23(3,4)5/h6-15,17H,16H2,1-5H3,(H,25,26,27). The van der Waals surface area contributed by atoms with E-state index in [1.165, 1.54) is 11.1 Å². The first-order valence-corrected chi connectivity index (χ1v) is 9.71. The van der Waals surface area contributed by atoms with Crippen molar-refractivity contribution in [1.29, 1.82) is 0 Å². The molecule has 5 heteroatoms. The molecule has 0 fully saturated rings. The maximum Gasteiger partial charge on any atom is 0.249 e. The highest BCUT2D eigenvalue weighted by atomic mass is 15.3. The maximum absolute atomic E-state index is 4.75. The average Bonchev–Trinajstić information content (AvgIpc) is 2.66. The summed E-state index contributed by atoms with van der Waals surface area (Å²) in [6.07, 6.45) is 1.73. The highest BCUT2D eigenvalue weighted by molar-refractivity contribution is 5.61. The molecule has 0 unspecified atom stereocenters. The fourth-order valence-corrected chi connectivity index (χ4v) is 3.16. The molecule has 2 aromatic carbocycles. The van der Waals surface area contributed by atoms with Crippen molar-refractivity contribution in [1.82, 2.24) is 15.2 Å². The lowest BCUT2D eigenvalue weighted by Crippen LogP contribution is -2.31. The molecule has 0 aliphatic carbocycles. The molecule has 5 nitrogen and oxygen atoms in total. The summed E-state index contributed by atoms with van der Waals surface area (Å²) in [5.74, 6) is 1.32. The summed E-state index contributed by atoms with van der Waals surface area (Å²) in [7, 11) is 0. The molecule has 1 aromatic heterocycles. The van der Waals surface area contributed by atoms with Crippen LogP contribution in [0, 0.1) is 0 Å². The van der Waals surface area contributed by atoms with Gasteiger partial charge in [-0.15, -0.1) is 5.10 Å². The third-order valence-electron chi connectivity index (χ3n) is 4.64. The topological polar surface area (TPSA) is 53.9 Å². The van der Waals surface area contributed by atoms with Crippen molar-refractivity contribution in [3.8, 4) is 0 Å². The van der Waals surface area contributed by atoms with Crippen LogP contribution in [-0.2, 0) is 12.0 Å². The maximum atomic E-state index is 4.75. The Morgan fingerprint density at radius 3 is 2.32 bits per heavy atom. The Morgan fingerprint density at radius 2 is 1.64 bits per heavy atom. The zero-order valence-corrected chi connectivity index (χ0v) is 17.3. The van der Waals surface area contributed by atoms with Gasteiger partial charge >= 0.3 is 0 Å². The molecule has 3 aromatic rings. The first-order valence-electron chi connectivity index (χ1n) is 9.71. The van der Waals surface area contributed by atoms with Gasteiger partial charge in [0.05, 0.1) is 6.20 Å². The minimum atomic E-state index is 0.0198. The summed E-state index contributed by atoms with van der Waals surface area (Å²) in [5, 5.41) is 11.8. The molecule has 0 atom stereocenters. The number of anilines is 3. The molecule has 0 radical (unpaired) electrons. The Kier molecular flexibility index (Phi) is 5.93. The summed E-state index contributed by atoms with van der Waals surface area (Å²) in [6, 6.07) is 19.0. The molecule has 0 spiro atoms. The van der Waals surface area contributed by atoms with Crippen LogP contribution in [0.4, 0.5) is 17.5 Å². The van der Waals surface area contributed by atoms with Crippen LogP contribution >= 0.6 is 0 Å². The van der Waals surface area contributed by atoms with E-state index in [0.717, 1.165) is 18.1 Å². The highest BCUT2D eigenvalue weighted by Gasteiger charge is 2.19. The summed E-state index contributed by atoms with van der Waals surface area (Å²) >= 11 is 0. The lowest BCUT2D eigenvalue weighted by atomic mass is 9.86. The molecule has 0 saturated carbocycles. The van der Waals surface area contributed by atoms with Gasteiger partial charge in [0.15, 0.2) is 5.82 Å². The quantitative estimate of drug-likeness (QED) is 0.631. The van der Waals surface area contributed by atoms with Crippen LogP contribution < -0.4 is 10.2 Å². The van der Waals surface area contributed by atoms with E-state index in [1.54, 1.807) is 6.20 Å². The molecule has 1 N–H and O–H groups in total. The predicted molar refractivity (Wildman–Crippen MR) is 116 cm³/mol. The van der Waals surface area contributed by atoms with Gasteiger partial charge in [-0.1, -0.05) is 69.3 Å². The van der Waals surface area contributed by atoms with Crippen molar-refractivity contribution < 1.29 is 0 Å². The Labute approximate surface area is 167 Å². The summed E-state index contributed by atoms with van der Waals surface area (Å²) in [6.45, 7) is 11.7. The van der Waals surface area contributed by atoms with Crippen LogP contribution in [0.15, 0.2) is 60.8 Å². The van der Waals surface area contributed by atoms with Gasteiger partial charge in [0.1, 0.15) is 0 Å². The number of nitrogens with zero attached hydrogens (tertiary/aromatic N) is 4. The second-order valence-electron chi connectivity index (χ2n) is 8.27. The fourth-order valence-electron chi connectivity index (χ4n) is 3.16. The van der Waals surface area contributed by atoms with E-state index < -0.39 is 0 Å². The third kappa shape index (κ3) is 4.85. The predicted octanol–water partition coefficient (Wildman–Crippen LogP) is 5.33. The van der Waals surface area contributed by atoms with Crippen LogP contribution in [0.5, 0.6) is 0 Å². The van der Waals surface area contributed by atoms with E-state index in [1.807, 2.05) is 12.1 Å². The van der Waals surface area contributed by atoms with Crippen molar-refractivity contribution in [3.05, 3.63) is 71.9 Å². The zero-order chi connectivity index (χ0) is 20.1. The van der Waals surface area contributed by atoms with Gasteiger partial charge in [-0.25, -0.2) is 0 Å². The number of para-hydroxylation sites is 1. The molecular formula is C23H29N5. The Morgan fingerprint density at radius 1 is 0.964 bits per heavy atom. The van der Waals surface area contributed by atoms with Crippen LogP contribution in [0.3, 0.4) is 0 Å². The number of rotatable bonds is 6. The fraction of sp³-hybridized carbons (Fsp3) is 0.348. The second kappa shape index (κ2) is 8.38. The average molecular weight is 376 g/mol. The summed E-state index contributed by atoms with van der Waals surface area (Å²) < 4.78 is 0. The molecule has 0 aliphatic rings. The van der Waals surface area contributed by atoms with Crippen molar-refractivity contribution in [2.75, 3.05) is 10.2 Å². The van der Waals surface area contributed by atoms with Gasteiger partial charge in [0.25, 0.3) is 0 Å². The number of benzene rings is 2. The zero-order valence-electron chi connectivity index (χ0n) is 17.3. The lowest BCUT2D eigenvalue weighted by Gasteiger charge is -2.28. The molecular weight excluding hydrogens is 346 g/mol. The number of aromatic nitrogens is 3. The van der Waals surface area contributed by atoms with Crippen molar-refractivity contribution in [3.63, 3.8) is 0 Å². The largest absolute Gasteiger partial charge is 0.348 e. The van der Waals surface area contributed by atoms with E-state index in [-0.39, 0.29) is 11.5 Å². The first kappa shape index (κ1) is 19.8. The van der Waals surface area contributed by atoms with Crippen LogP contribution in [0.25, 0.3) is 0 Å². The van der Waals surface area contributed by atoms with Crippen molar-refractivity contribution in [2.45, 2.75) is 52.6 Å². The van der Waals surface area contributed by atoms with E-state index in [0.29, 0.717) is 5.95 Å². The normalized spacial score (nSPS) is 11.5. The van der Waals surface area contributed by atoms with Gasteiger partial charge in [0.2, 0.25) is 5.95 Å². The van der Waals surface area contributed by atoms with E-state index in [9.17, 15) is 0 Å². The molecule has 0 saturated heterocycles. The third-order valence-corrected chi connectivity index (χ3v) is 4.64. The molecule has 0 aliphatic heterocycles. The number of nitrogens with one attached hydrogen (secondary N) is 1. The van der Waals surface area contributed by atoms with Crippen LogP contribution in [0.2, 0.25) is 0 Å². The summed E-state index contributed by atoms with van der Waals surface area (Å²) in [5.41, 5.74) is 3.48. The Hall–Kier alpha value is -2.95.